The summed E-state index contributed by atoms with van der Waals surface area (Å²) in [6.45, 7) is 0.101. The van der Waals surface area contributed by atoms with Gasteiger partial charge in [0.15, 0.2) is 0 Å². The summed E-state index contributed by atoms with van der Waals surface area (Å²) in [5.74, 6) is 1.12. The number of ether oxygens (including phenoxy) is 2. The smallest absolute Gasteiger partial charge is 0.261 e. The molecule has 90 valence electrons. The summed E-state index contributed by atoms with van der Waals surface area (Å²) in [4.78, 5) is 4.09. The van der Waals surface area contributed by atoms with E-state index in [-0.39, 0.29) is 6.61 Å². The van der Waals surface area contributed by atoms with Gasteiger partial charge in [-0.05, 0) is 6.07 Å². The Morgan fingerprint density at radius 2 is 2.25 bits per heavy atom. The van der Waals surface area contributed by atoms with Crippen molar-refractivity contribution in [1.82, 2.24) is 4.98 Å². The molecule has 0 spiro atoms. The van der Waals surface area contributed by atoms with E-state index in [1.54, 1.807) is 18.2 Å². The van der Waals surface area contributed by atoms with Gasteiger partial charge in [0.1, 0.15) is 12.4 Å². The van der Waals surface area contributed by atoms with Crippen molar-refractivity contribution >= 4 is 5.82 Å². The second-order valence-electron chi connectivity index (χ2n) is 2.96. The van der Waals surface area contributed by atoms with Gasteiger partial charge in [0.2, 0.25) is 5.88 Å². The Hall–Kier alpha value is -1.43. The topological polar surface area (TPSA) is 43.4 Å². The molecule has 1 aromatic rings. The maximum Gasteiger partial charge on any atom is 0.261 e. The van der Waals surface area contributed by atoms with Crippen LogP contribution >= 0.6 is 0 Å². The first kappa shape index (κ1) is 12.6. The molecule has 6 heteroatoms. The van der Waals surface area contributed by atoms with Gasteiger partial charge in [0.05, 0.1) is 13.7 Å². The molecule has 0 saturated heterocycles. The van der Waals surface area contributed by atoms with Crippen molar-refractivity contribution in [3.8, 4) is 5.88 Å². The molecule has 0 radical (unpaired) electrons. The Labute approximate surface area is 92.6 Å². The number of methoxy groups -OCH3 is 1. The predicted octanol–water partition coefficient (Wildman–Crippen LogP) is 1.78. The highest BCUT2D eigenvalue weighted by atomic mass is 19.3. The highest BCUT2D eigenvalue weighted by Crippen LogP contribution is 2.09. The third kappa shape index (κ3) is 4.88. The Kier molecular flexibility index (Phi) is 5.49. The van der Waals surface area contributed by atoms with Gasteiger partial charge in [-0.15, -0.1) is 0 Å². The first-order chi connectivity index (χ1) is 7.72. The highest BCUT2D eigenvalue weighted by Gasteiger charge is 2.01. The summed E-state index contributed by atoms with van der Waals surface area (Å²) >= 11 is 0. The molecule has 1 aromatic heterocycles. The molecule has 4 nitrogen and oxygen atoms in total. The molecular weight excluding hydrogens is 218 g/mol. The summed E-state index contributed by atoms with van der Waals surface area (Å²) in [6.07, 6.45) is -2.42. The number of aromatic nitrogens is 1. The fourth-order valence-electron chi connectivity index (χ4n) is 1.05. The zero-order valence-electron chi connectivity index (χ0n) is 8.95. The van der Waals surface area contributed by atoms with E-state index in [4.69, 9.17) is 9.47 Å². The van der Waals surface area contributed by atoms with E-state index in [0.717, 1.165) is 0 Å². The largest absolute Gasteiger partial charge is 0.481 e. The van der Waals surface area contributed by atoms with E-state index < -0.39 is 13.0 Å². The van der Waals surface area contributed by atoms with Crippen LogP contribution in [0.4, 0.5) is 14.6 Å². The molecule has 0 aliphatic carbocycles. The van der Waals surface area contributed by atoms with Crippen LogP contribution in [0.3, 0.4) is 0 Å². The number of hydrogen-bond acceptors (Lipinski definition) is 4. The van der Waals surface area contributed by atoms with E-state index in [1.165, 1.54) is 7.11 Å². The maximum atomic E-state index is 11.7. The van der Waals surface area contributed by atoms with Crippen LogP contribution in [-0.4, -0.2) is 38.3 Å². The lowest BCUT2D eigenvalue weighted by Crippen LogP contribution is -2.13. The molecule has 0 aromatic carbocycles. The molecule has 0 atom stereocenters. The third-order valence-electron chi connectivity index (χ3n) is 1.73. The van der Waals surface area contributed by atoms with E-state index in [0.29, 0.717) is 18.2 Å². The van der Waals surface area contributed by atoms with Crippen LogP contribution in [-0.2, 0) is 4.74 Å². The van der Waals surface area contributed by atoms with Crippen molar-refractivity contribution in [3.63, 3.8) is 0 Å². The monoisotopic (exact) mass is 232 g/mol. The SMILES string of the molecule is COc1cccc(NCCOCC(F)F)n1. The van der Waals surface area contributed by atoms with Crippen molar-refractivity contribution in [1.29, 1.82) is 0 Å². The number of nitrogens with one attached hydrogen (secondary N) is 1. The van der Waals surface area contributed by atoms with Crippen molar-refractivity contribution in [2.75, 3.05) is 32.2 Å². The maximum absolute atomic E-state index is 11.7. The van der Waals surface area contributed by atoms with Crippen molar-refractivity contribution < 1.29 is 18.3 Å². The predicted molar refractivity (Wildman–Crippen MR) is 56.1 cm³/mol. The molecule has 0 aliphatic rings. The molecule has 1 heterocycles. The fourth-order valence-corrected chi connectivity index (χ4v) is 1.05. The zero-order valence-corrected chi connectivity index (χ0v) is 8.95. The van der Waals surface area contributed by atoms with Crippen LogP contribution in [0.2, 0.25) is 0 Å². The number of nitrogens with zero attached hydrogens (tertiary/aromatic N) is 1. The average Bonchev–Trinajstić information content (AvgIpc) is 2.28. The summed E-state index contributed by atoms with van der Waals surface area (Å²) < 4.78 is 33.1. The van der Waals surface area contributed by atoms with Crippen molar-refractivity contribution in [2.24, 2.45) is 0 Å². The fraction of sp³-hybridized carbons (Fsp3) is 0.500. The standard InChI is InChI=1S/C10H14F2N2O2/c1-15-10-4-2-3-9(14-10)13-5-6-16-7-8(11)12/h2-4,8H,5-7H2,1H3,(H,13,14). The third-order valence-corrected chi connectivity index (χ3v) is 1.73. The average molecular weight is 232 g/mol. The summed E-state index contributed by atoms with van der Waals surface area (Å²) in [5.41, 5.74) is 0. The van der Waals surface area contributed by atoms with Gasteiger partial charge in [-0.3, -0.25) is 0 Å². The van der Waals surface area contributed by atoms with Crippen LogP contribution in [0.15, 0.2) is 18.2 Å². The quantitative estimate of drug-likeness (QED) is 0.728. The second-order valence-corrected chi connectivity index (χ2v) is 2.96. The second kappa shape index (κ2) is 6.95. The van der Waals surface area contributed by atoms with Gasteiger partial charge < -0.3 is 14.8 Å². The number of alkyl halides is 2. The number of rotatable bonds is 7. The summed E-state index contributed by atoms with van der Waals surface area (Å²) in [5, 5.41) is 2.93. The summed E-state index contributed by atoms with van der Waals surface area (Å²) in [7, 11) is 1.53. The minimum atomic E-state index is -2.42. The van der Waals surface area contributed by atoms with Crippen molar-refractivity contribution in [2.45, 2.75) is 6.43 Å². The molecule has 0 bridgehead atoms. The molecule has 0 fully saturated rings. The minimum absolute atomic E-state index is 0.212. The van der Waals surface area contributed by atoms with Crippen LogP contribution in [0, 0.1) is 0 Å². The van der Waals surface area contributed by atoms with Gasteiger partial charge >= 0.3 is 0 Å². The van der Waals surface area contributed by atoms with Crippen LogP contribution in [0.5, 0.6) is 5.88 Å². The van der Waals surface area contributed by atoms with Crippen molar-refractivity contribution in [3.05, 3.63) is 18.2 Å². The van der Waals surface area contributed by atoms with Gasteiger partial charge in [0, 0.05) is 12.6 Å². The number of hydrogen-bond donors (Lipinski definition) is 1. The lowest BCUT2D eigenvalue weighted by Gasteiger charge is -2.07. The van der Waals surface area contributed by atoms with Crippen LogP contribution in [0.1, 0.15) is 0 Å². The molecule has 0 saturated carbocycles. The Bertz CT molecular complexity index is 311. The summed E-state index contributed by atoms with van der Waals surface area (Å²) in [6, 6.07) is 5.27. The molecule has 0 amide bonds. The molecule has 0 unspecified atom stereocenters. The first-order valence-corrected chi connectivity index (χ1v) is 4.83. The van der Waals surface area contributed by atoms with E-state index in [2.05, 4.69) is 10.3 Å². The molecule has 16 heavy (non-hydrogen) atoms. The normalized spacial score (nSPS) is 10.5. The number of pyridine rings is 1. The van der Waals surface area contributed by atoms with E-state index in [9.17, 15) is 8.78 Å². The van der Waals surface area contributed by atoms with Gasteiger partial charge in [-0.2, -0.15) is 4.98 Å². The lowest BCUT2D eigenvalue weighted by molar-refractivity contribution is 0.0215. The Balaban J connectivity index is 2.21. The van der Waals surface area contributed by atoms with Crippen LogP contribution in [0.25, 0.3) is 0 Å². The molecular formula is C10H14F2N2O2. The van der Waals surface area contributed by atoms with Gasteiger partial charge in [-0.1, -0.05) is 6.07 Å². The number of halogens is 2. The van der Waals surface area contributed by atoms with Crippen LogP contribution < -0.4 is 10.1 Å². The lowest BCUT2D eigenvalue weighted by atomic mass is 10.4. The minimum Gasteiger partial charge on any atom is -0.481 e. The Morgan fingerprint density at radius 3 is 2.94 bits per heavy atom. The van der Waals surface area contributed by atoms with Gasteiger partial charge in [0.25, 0.3) is 6.43 Å². The Morgan fingerprint density at radius 1 is 1.44 bits per heavy atom. The van der Waals surface area contributed by atoms with E-state index in [1.807, 2.05) is 0 Å². The molecule has 1 rings (SSSR count). The highest BCUT2D eigenvalue weighted by molar-refractivity contribution is 5.36. The molecule has 1 N–H and O–H groups in total. The zero-order chi connectivity index (χ0) is 11.8. The molecule has 0 aliphatic heterocycles. The van der Waals surface area contributed by atoms with E-state index >= 15 is 0 Å². The van der Waals surface area contributed by atoms with Gasteiger partial charge in [-0.25, -0.2) is 8.78 Å². The number of anilines is 1. The first-order valence-electron chi connectivity index (χ1n) is 4.83.